The number of carbonyl (C=O) groups excluding carboxylic acids is 1. The Balaban J connectivity index is 1.58. The number of hydrogen-bond acceptors (Lipinski definition) is 7. The maximum atomic E-state index is 11.9. The van der Waals surface area contributed by atoms with Crippen LogP contribution in [0.2, 0.25) is 0 Å². The molecule has 1 aliphatic heterocycles. The molecule has 0 atom stereocenters. The first-order valence-corrected chi connectivity index (χ1v) is 10.5. The van der Waals surface area contributed by atoms with Gasteiger partial charge in [-0.05, 0) is 69.1 Å². The minimum absolute atomic E-state index is 0.0200. The van der Waals surface area contributed by atoms with Crippen molar-refractivity contribution in [1.82, 2.24) is 14.7 Å². The number of anilines is 2. The molecule has 1 N–H and O–H groups in total. The second kappa shape index (κ2) is 8.95. The van der Waals surface area contributed by atoms with Crippen molar-refractivity contribution in [2.24, 2.45) is 5.92 Å². The lowest BCUT2D eigenvalue weighted by Crippen LogP contribution is -2.38. The fraction of sp³-hybridized carbons (Fsp3) is 0.526. The number of piperidine rings is 1. The van der Waals surface area contributed by atoms with Crippen molar-refractivity contribution in [3.05, 3.63) is 33.3 Å². The minimum atomic E-state index is -0.0673. The summed E-state index contributed by atoms with van der Waals surface area (Å²) in [6.07, 6.45) is 1.65. The van der Waals surface area contributed by atoms with Crippen molar-refractivity contribution in [2.45, 2.75) is 40.3 Å². The molecule has 1 saturated heterocycles. The van der Waals surface area contributed by atoms with E-state index >= 15 is 0 Å². The average molecular weight is 407 g/mol. The van der Waals surface area contributed by atoms with Crippen LogP contribution in [-0.4, -0.2) is 40.3 Å². The molecule has 0 bridgehead atoms. The van der Waals surface area contributed by atoms with Gasteiger partial charge in [0.05, 0.1) is 19.2 Å². The van der Waals surface area contributed by atoms with Gasteiger partial charge in [-0.15, -0.1) is 5.10 Å². The number of ether oxygens (including phenoxy) is 1. The Kier molecular flexibility index (Phi) is 6.62. The number of carbonyl (C=O) groups is 1. The molecule has 0 unspecified atom stereocenters. The maximum Gasteiger partial charge on any atom is 0.309 e. The van der Waals surface area contributed by atoms with Gasteiger partial charge < -0.3 is 10.1 Å². The predicted molar refractivity (Wildman–Crippen MR) is 111 cm³/mol. The summed E-state index contributed by atoms with van der Waals surface area (Å²) in [6.45, 7) is 8.85. The topological polar surface area (TPSA) is 59.4 Å². The zero-order valence-electron chi connectivity index (χ0n) is 16.0. The van der Waals surface area contributed by atoms with Gasteiger partial charge in [0.2, 0.25) is 5.13 Å². The smallest absolute Gasteiger partial charge is 0.309 e. The van der Waals surface area contributed by atoms with Crippen molar-refractivity contribution < 1.29 is 9.53 Å². The monoisotopic (exact) mass is 406 g/mol. The second-order valence-electron chi connectivity index (χ2n) is 6.88. The lowest BCUT2D eigenvalue weighted by atomic mass is 9.97. The van der Waals surface area contributed by atoms with E-state index in [0.717, 1.165) is 40.7 Å². The Labute approximate surface area is 169 Å². The van der Waals surface area contributed by atoms with Gasteiger partial charge in [0.25, 0.3) is 0 Å². The molecule has 0 aliphatic carbocycles. The Morgan fingerprint density at radius 2 is 2.07 bits per heavy atom. The summed E-state index contributed by atoms with van der Waals surface area (Å²) >= 11 is 6.96. The SMILES string of the molecule is CCOC(=O)C1CCN(Cn2nc(Nc3ccc(C)c(C)c3)sc2=S)CC1. The number of likely N-dealkylation sites (tertiary alicyclic amines) is 1. The molecular weight excluding hydrogens is 380 g/mol. The molecule has 27 heavy (non-hydrogen) atoms. The Bertz CT molecular complexity index is 854. The van der Waals surface area contributed by atoms with Crippen molar-refractivity contribution in [2.75, 3.05) is 25.0 Å². The van der Waals surface area contributed by atoms with Crippen molar-refractivity contribution in [3.8, 4) is 0 Å². The zero-order chi connectivity index (χ0) is 19.4. The number of nitrogens with zero attached hydrogens (tertiary/aromatic N) is 3. The Hall–Kier alpha value is -1.77. The number of aryl methyl sites for hydroxylation is 2. The molecule has 0 amide bonds. The fourth-order valence-corrected chi connectivity index (χ4v) is 4.16. The summed E-state index contributed by atoms with van der Waals surface area (Å²) in [6, 6.07) is 6.27. The molecule has 1 aliphatic rings. The van der Waals surface area contributed by atoms with E-state index in [1.165, 1.54) is 22.5 Å². The van der Waals surface area contributed by atoms with Gasteiger partial charge in [0, 0.05) is 18.8 Å². The third-order valence-corrected chi connectivity index (χ3v) is 6.13. The molecule has 0 saturated carbocycles. The standard InChI is InChI=1S/C19H26N4O2S2/c1-4-25-17(24)15-7-9-22(10-8-15)12-23-19(26)27-18(21-23)20-16-6-5-13(2)14(3)11-16/h5-6,11,15H,4,7-10,12H2,1-3H3,(H,20,21). The summed E-state index contributed by atoms with van der Waals surface area (Å²) in [7, 11) is 0. The van der Waals surface area contributed by atoms with Gasteiger partial charge >= 0.3 is 5.97 Å². The molecule has 1 aromatic heterocycles. The predicted octanol–water partition coefficient (Wildman–Crippen LogP) is 4.27. The maximum absolute atomic E-state index is 11.9. The van der Waals surface area contributed by atoms with E-state index in [1.54, 1.807) is 0 Å². The van der Waals surface area contributed by atoms with Crippen molar-refractivity contribution in [1.29, 1.82) is 0 Å². The molecule has 0 radical (unpaired) electrons. The van der Waals surface area contributed by atoms with Crippen LogP contribution in [0.5, 0.6) is 0 Å². The summed E-state index contributed by atoms with van der Waals surface area (Å²) in [5.74, 6) is -0.0473. The van der Waals surface area contributed by atoms with E-state index in [2.05, 4.69) is 47.4 Å². The summed E-state index contributed by atoms with van der Waals surface area (Å²) in [5.41, 5.74) is 3.53. The Morgan fingerprint density at radius 3 is 2.74 bits per heavy atom. The molecule has 0 spiro atoms. The van der Waals surface area contributed by atoms with E-state index in [4.69, 9.17) is 17.0 Å². The van der Waals surface area contributed by atoms with Crippen LogP contribution in [0, 0.1) is 23.7 Å². The Morgan fingerprint density at radius 1 is 1.33 bits per heavy atom. The first-order valence-electron chi connectivity index (χ1n) is 9.27. The van der Waals surface area contributed by atoms with E-state index in [1.807, 2.05) is 11.6 Å². The number of aromatic nitrogens is 2. The molecule has 1 fully saturated rings. The van der Waals surface area contributed by atoms with E-state index in [-0.39, 0.29) is 11.9 Å². The number of nitrogens with one attached hydrogen (secondary N) is 1. The molecule has 2 aromatic rings. The molecular formula is C19H26N4O2S2. The third kappa shape index (κ3) is 5.15. The summed E-state index contributed by atoms with van der Waals surface area (Å²) < 4.78 is 7.73. The lowest BCUT2D eigenvalue weighted by molar-refractivity contribution is -0.149. The number of rotatable bonds is 6. The summed E-state index contributed by atoms with van der Waals surface area (Å²) in [4.78, 5) is 14.1. The number of hydrogen-bond donors (Lipinski definition) is 1. The van der Waals surface area contributed by atoms with Crippen LogP contribution in [-0.2, 0) is 16.2 Å². The zero-order valence-corrected chi connectivity index (χ0v) is 17.7. The quantitative estimate of drug-likeness (QED) is 0.571. The third-order valence-electron chi connectivity index (χ3n) is 4.91. The van der Waals surface area contributed by atoms with Crippen LogP contribution in [0.15, 0.2) is 18.2 Å². The summed E-state index contributed by atoms with van der Waals surface area (Å²) in [5, 5.41) is 8.76. The highest BCUT2D eigenvalue weighted by molar-refractivity contribution is 7.73. The van der Waals surface area contributed by atoms with Crippen molar-refractivity contribution >= 4 is 40.3 Å². The van der Waals surface area contributed by atoms with Crippen molar-refractivity contribution in [3.63, 3.8) is 0 Å². The van der Waals surface area contributed by atoms with Gasteiger partial charge in [-0.1, -0.05) is 17.4 Å². The largest absolute Gasteiger partial charge is 0.466 e. The normalized spacial score (nSPS) is 15.7. The van der Waals surface area contributed by atoms with Crippen LogP contribution in [0.1, 0.15) is 30.9 Å². The highest BCUT2D eigenvalue weighted by atomic mass is 32.1. The molecule has 146 valence electrons. The van der Waals surface area contributed by atoms with Crippen LogP contribution < -0.4 is 5.32 Å². The number of benzene rings is 1. The van der Waals surface area contributed by atoms with Gasteiger partial charge in [0.1, 0.15) is 0 Å². The van der Waals surface area contributed by atoms with Crippen LogP contribution in [0.4, 0.5) is 10.8 Å². The molecule has 1 aromatic carbocycles. The highest BCUT2D eigenvalue weighted by Gasteiger charge is 2.26. The van der Waals surface area contributed by atoms with Gasteiger partial charge in [-0.25, -0.2) is 4.68 Å². The first kappa shape index (κ1) is 20.0. The van der Waals surface area contributed by atoms with Crippen LogP contribution in [0.25, 0.3) is 0 Å². The fourth-order valence-electron chi connectivity index (χ4n) is 3.15. The van der Waals surface area contributed by atoms with E-state index < -0.39 is 0 Å². The first-order chi connectivity index (χ1) is 13.0. The van der Waals surface area contributed by atoms with Gasteiger partial charge in [-0.2, -0.15) is 0 Å². The van der Waals surface area contributed by atoms with Gasteiger partial charge in [0.15, 0.2) is 3.95 Å². The van der Waals surface area contributed by atoms with Crippen LogP contribution in [0.3, 0.4) is 0 Å². The lowest BCUT2D eigenvalue weighted by Gasteiger charge is -2.30. The van der Waals surface area contributed by atoms with E-state index in [9.17, 15) is 4.79 Å². The molecule has 3 rings (SSSR count). The van der Waals surface area contributed by atoms with Gasteiger partial charge in [-0.3, -0.25) is 9.69 Å². The second-order valence-corrected chi connectivity index (χ2v) is 8.51. The minimum Gasteiger partial charge on any atom is -0.466 e. The number of esters is 1. The molecule has 2 heterocycles. The molecule has 6 nitrogen and oxygen atoms in total. The highest BCUT2D eigenvalue weighted by Crippen LogP contribution is 2.24. The van der Waals surface area contributed by atoms with E-state index in [0.29, 0.717) is 13.3 Å². The average Bonchev–Trinajstić information content (AvgIpc) is 2.98. The van der Waals surface area contributed by atoms with Crippen LogP contribution >= 0.6 is 23.6 Å². The molecule has 8 heteroatoms.